The van der Waals surface area contributed by atoms with Gasteiger partial charge in [0, 0.05) is 57.9 Å². The number of benzene rings is 2. The molecular weight excluding hydrogens is 538 g/mol. The van der Waals surface area contributed by atoms with Crippen LogP contribution in [0.3, 0.4) is 0 Å². The summed E-state index contributed by atoms with van der Waals surface area (Å²) in [4.78, 5) is 22.3. The Hall–Kier alpha value is -2.77. The fraction of sp³-hybridized carbons (Fsp3) is 0.481. The monoisotopic (exact) mass is 573 g/mol. The van der Waals surface area contributed by atoms with Crippen LogP contribution in [0.5, 0.6) is 5.75 Å². The second-order valence-electron chi connectivity index (χ2n) is 9.99. The summed E-state index contributed by atoms with van der Waals surface area (Å²) in [5.74, 6) is 0.580. The summed E-state index contributed by atoms with van der Waals surface area (Å²) >= 11 is 1.68. The van der Waals surface area contributed by atoms with Gasteiger partial charge in [-0.1, -0.05) is 17.4 Å². The van der Waals surface area contributed by atoms with Crippen molar-refractivity contribution in [1.82, 2.24) is 19.5 Å². The minimum atomic E-state index is -3.64. The molecule has 12 heteroatoms. The summed E-state index contributed by atoms with van der Waals surface area (Å²) in [6.45, 7) is 9.13. The lowest BCUT2D eigenvalue weighted by Gasteiger charge is -2.34. The second-order valence-corrected chi connectivity index (χ2v) is 12.9. The molecule has 0 aliphatic carbocycles. The van der Waals surface area contributed by atoms with Crippen LogP contribution in [0, 0.1) is 0 Å². The number of nitrogens with one attached hydrogen (secondary N) is 1. The van der Waals surface area contributed by atoms with Crippen LogP contribution in [0.1, 0.15) is 24.2 Å². The number of sulfonamides is 1. The van der Waals surface area contributed by atoms with Crippen LogP contribution in [0.4, 0.5) is 5.13 Å². The van der Waals surface area contributed by atoms with Crippen molar-refractivity contribution in [3.05, 3.63) is 48.0 Å². The first-order valence-electron chi connectivity index (χ1n) is 13.2. The molecule has 10 nitrogen and oxygen atoms in total. The summed E-state index contributed by atoms with van der Waals surface area (Å²) in [5, 5.41) is 3.96. The highest BCUT2D eigenvalue weighted by molar-refractivity contribution is 7.89. The molecule has 210 valence electrons. The number of hydrogen-bond acceptors (Lipinski definition) is 9. The van der Waals surface area contributed by atoms with Gasteiger partial charge in [0.2, 0.25) is 10.0 Å². The van der Waals surface area contributed by atoms with Crippen molar-refractivity contribution in [2.45, 2.75) is 31.0 Å². The van der Waals surface area contributed by atoms with Gasteiger partial charge in [-0.15, -0.1) is 0 Å². The van der Waals surface area contributed by atoms with Gasteiger partial charge in [0.1, 0.15) is 11.3 Å². The first-order valence-corrected chi connectivity index (χ1v) is 15.4. The molecular formula is C27H35N5O5S2. The lowest BCUT2D eigenvalue weighted by molar-refractivity contribution is -0.0440. The highest BCUT2D eigenvalue weighted by Gasteiger charge is 2.32. The zero-order valence-electron chi connectivity index (χ0n) is 22.5. The minimum absolute atomic E-state index is 0.159. The Morgan fingerprint density at radius 3 is 2.44 bits per heavy atom. The summed E-state index contributed by atoms with van der Waals surface area (Å²) in [6, 6.07) is 12.1. The standard InChI is InChI=1S/C27H35N5O5S2/c1-19-17-32(18-20(2)37-19)39(34,35)22-9-7-21(8-10-22)26(33)28-11-12-30-13-15-31(16-14-30)27-29-25-23(36-3)5-4-6-24(25)38-27/h4-10,19-20H,11-18H2,1-3H3,(H,28,33). The SMILES string of the molecule is COc1cccc2sc(N3CCN(CCNC(=O)c4ccc(S(=O)(=O)N5CC(C)OC(C)C5)cc4)CC3)nc12. The quantitative estimate of drug-likeness (QED) is 0.439. The number of methoxy groups -OCH3 is 1. The Morgan fingerprint density at radius 1 is 1.08 bits per heavy atom. The van der Waals surface area contributed by atoms with Crippen molar-refractivity contribution in [2.75, 3.05) is 64.4 Å². The van der Waals surface area contributed by atoms with E-state index in [1.54, 1.807) is 30.6 Å². The van der Waals surface area contributed by atoms with Crippen LogP contribution in [-0.4, -0.2) is 100 Å². The number of rotatable bonds is 8. The molecule has 5 rings (SSSR count). The molecule has 3 heterocycles. The highest BCUT2D eigenvalue weighted by atomic mass is 32.2. The van der Waals surface area contributed by atoms with E-state index in [1.807, 2.05) is 26.0 Å². The fourth-order valence-corrected chi connectivity index (χ4v) is 7.68. The molecule has 3 aromatic rings. The number of para-hydroxylation sites is 1. The Morgan fingerprint density at radius 2 is 1.77 bits per heavy atom. The number of anilines is 1. The third-order valence-electron chi connectivity index (χ3n) is 7.09. The average molecular weight is 574 g/mol. The van der Waals surface area contributed by atoms with Crippen molar-refractivity contribution in [3.63, 3.8) is 0 Å². The zero-order valence-corrected chi connectivity index (χ0v) is 24.1. The van der Waals surface area contributed by atoms with Gasteiger partial charge in [-0.25, -0.2) is 13.4 Å². The molecule has 1 amide bonds. The van der Waals surface area contributed by atoms with Crippen molar-refractivity contribution >= 4 is 42.6 Å². The van der Waals surface area contributed by atoms with E-state index < -0.39 is 10.0 Å². The largest absolute Gasteiger partial charge is 0.494 e. The lowest BCUT2D eigenvalue weighted by atomic mass is 10.2. The molecule has 2 fully saturated rings. The summed E-state index contributed by atoms with van der Waals surface area (Å²) in [7, 11) is -1.97. The molecule has 2 atom stereocenters. The van der Waals surface area contributed by atoms with Crippen LogP contribution in [-0.2, 0) is 14.8 Å². The number of fused-ring (bicyclic) bond motifs is 1. The molecule has 0 saturated carbocycles. The predicted molar refractivity (Wildman–Crippen MR) is 152 cm³/mol. The van der Waals surface area contributed by atoms with Crippen LogP contribution in [0.2, 0.25) is 0 Å². The Balaban J connectivity index is 1.09. The first kappa shape index (κ1) is 27.8. The van der Waals surface area contributed by atoms with Crippen molar-refractivity contribution in [3.8, 4) is 5.75 Å². The molecule has 1 N–H and O–H groups in total. The number of carbonyl (C=O) groups is 1. The van der Waals surface area contributed by atoms with Gasteiger partial charge in [-0.2, -0.15) is 4.31 Å². The molecule has 0 radical (unpaired) electrons. The normalized spacial score (nSPS) is 21.3. The van der Waals surface area contributed by atoms with Crippen molar-refractivity contribution < 1.29 is 22.7 Å². The van der Waals surface area contributed by atoms with Gasteiger partial charge in [-0.3, -0.25) is 9.69 Å². The number of hydrogen-bond donors (Lipinski definition) is 1. The Labute approximate surface area is 233 Å². The van der Waals surface area contributed by atoms with Crippen LogP contribution >= 0.6 is 11.3 Å². The summed E-state index contributed by atoms with van der Waals surface area (Å²) < 4.78 is 39.8. The molecule has 2 saturated heterocycles. The number of morpholine rings is 1. The van der Waals surface area contributed by atoms with E-state index in [1.165, 1.54) is 16.4 Å². The number of amides is 1. The molecule has 1 aromatic heterocycles. The number of thiazole rings is 1. The van der Waals surface area contributed by atoms with E-state index in [4.69, 9.17) is 14.5 Å². The topological polar surface area (TPSA) is 104 Å². The van der Waals surface area contributed by atoms with E-state index in [9.17, 15) is 13.2 Å². The van der Waals surface area contributed by atoms with Crippen LogP contribution in [0.25, 0.3) is 10.2 Å². The molecule has 2 aromatic carbocycles. The maximum atomic E-state index is 13.0. The highest BCUT2D eigenvalue weighted by Crippen LogP contribution is 2.34. The Kier molecular flexibility index (Phi) is 8.38. The van der Waals surface area contributed by atoms with Crippen molar-refractivity contribution in [1.29, 1.82) is 0 Å². The number of nitrogens with zero attached hydrogens (tertiary/aromatic N) is 4. The second kappa shape index (κ2) is 11.8. The third-order valence-corrected chi connectivity index (χ3v) is 10.0. The molecule has 0 spiro atoms. The van der Waals surface area contributed by atoms with Crippen LogP contribution < -0.4 is 15.0 Å². The maximum Gasteiger partial charge on any atom is 0.251 e. The molecule has 39 heavy (non-hydrogen) atoms. The maximum absolute atomic E-state index is 13.0. The predicted octanol–water partition coefficient (Wildman–Crippen LogP) is 2.65. The van der Waals surface area contributed by atoms with E-state index in [0.717, 1.165) is 53.8 Å². The van der Waals surface area contributed by atoms with Gasteiger partial charge in [0.25, 0.3) is 5.91 Å². The Bertz CT molecular complexity index is 1390. The van der Waals surface area contributed by atoms with E-state index in [-0.39, 0.29) is 23.0 Å². The molecule has 2 unspecified atom stereocenters. The lowest BCUT2D eigenvalue weighted by Crippen LogP contribution is -2.48. The first-order chi connectivity index (χ1) is 18.7. The average Bonchev–Trinajstić information content (AvgIpc) is 3.37. The summed E-state index contributed by atoms with van der Waals surface area (Å²) in [5.41, 5.74) is 1.34. The smallest absolute Gasteiger partial charge is 0.251 e. The number of carbonyl (C=O) groups excluding carboxylic acids is 1. The number of piperazine rings is 1. The van der Waals surface area contributed by atoms with Gasteiger partial charge < -0.3 is 19.7 Å². The number of aromatic nitrogens is 1. The van der Waals surface area contributed by atoms with E-state index in [0.29, 0.717) is 25.2 Å². The zero-order chi connectivity index (χ0) is 27.6. The van der Waals surface area contributed by atoms with Crippen LogP contribution in [0.15, 0.2) is 47.4 Å². The number of ether oxygens (including phenoxy) is 2. The van der Waals surface area contributed by atoms with Gasteiger partial charge in [0.05, 0.1) is 28.9 Å². The third kappa shape index (κ3) is 6.20. The molecule has 2 aliphatic rings. The van der Waals surface area contributed by atoms with Crippen molar-refractivity contribution in [2.24, 2.45) is 0 Å². The summed E-state index contributed by atoms with van der Waals surface area (Å²) in [6.07, 6.45) is -0.318. The van der Waals surface area contributed by atoms with E-state index in [2.05, 4.69) is 21.2 Å². The minimum Gasteiger partial charge on any atom is -0.494 e. The van der Waals surface area contributed by atoms with E-state index >= 15 is 0 Å². The fourth-order valence-electron chi connectivity index (χ4n) is 5.06. The van der Waals surface area contributed by atoms with Gasteiger partial charge in [0.15, 0.2) is 5.13 Å². The molecule has 2 aliphatic heterocycles. The van der Waals surface area contributed by atoms with Gasteiger partial charge in [-0.05, 0) is 50.2 Å². The molecule has 0 bridgehead atoms. The van der Waals surface area contributed by atoms with Gasteiger partial charge >= 0.3 is 0 Å².